The number of nitrogens with zero attached hydrogens (tertiary/aromatic N) is 3. The quantitative estimate of drug-likeness (QED) is 0.479. The van der Waals surface area contributed by atoms with Crippen LogP contribution in [-0.2, 0) is 25.2 Å². The Hall–Kier alpha value is -2.02. The van der Waals surface area contributed by atoms with Crippen molar-refractivity contribution < 1.29 is 25.2 Å². The molecule has 0 N–H and O–H groups in total. The molecule has 1 aromatic carbocycles. The Balaban J connectivity index is 0.00000196. The number of ether oxygens (including phenoxy) is 1. The van der Waals surface area contributed by atoms with Crippen LogP contribution in [0.4, 0.5) is 5.69 Å². The van der Waals surface area contributed by atoms with Gasteiger partial charge in [-0.15, -0.1) is 17.4 Å². The summed E-state index contributed by atoms with van der Waals surface area (Å²) in [6.45, 7) is 3.47. The fourth-order valence-electron chi connectivity index (χ4n) is 2.94. The molecule has 0 atom stereocenters. The molecule has 4 nitrogen and oxygen atoms in total. The van der Waals surface area contributed by atoms with Gasteiger partial charge < -0.3 is 14.6 Å². The fourth-order valence-corrected chi connectivity index (χ4v) is 3.99. The SMILES string of the molecule is N#Cc1[c-]nccc1-c1ccc(-c2ccc(N3CCOCC3)cc2)s1.[Re]. The second-order valence-corrected chi connectivity index (χ2v) is 6.85. The molecule has 26 heavy (non-hydrogen) atoms. The summed E-state index contributed by atoms with van der Waals surface area (Å²) in [4.78, 5) is 8.49. The molecule has 0 unspecified atom stereocenters. The minimum Gasteiger partial charge on any atom is -0.378 e. The number of hydrogen-bond acceptors (Lipinski definition) is 5. The van der Waals surface area contributed by atoms with Crippen LogP contribution in [0.5, 0.6) is 0 Å². The third-order valence-corrected chi connectivity index (χ3v) is 5.44. The number of pyridine rings is 1. The molecule has 3 aromatic rings. The zero-order valence-corrected chi connectivity index (χ0v) is 17.5. The molecule has 2 aromatic heterocycles. The molecule has 0 saturated carbocycles. The van der Waals surface area contributed by atoms with Gasteiger partial charge in [0.25, 0.3) is 0 Å². The van der Waals surface area contributed by atoms with Crippen molar-refractivity contribution in [1.29, 1.82) is 5.26 Å². The predicted molar refractivity (Wildman–Crippen MR) is 99.6 cm³/mol. The number of anilines is 1. The van der Waals surface area contributed by atoms with Crippen LogP contribution in [0.1, 0.15) is 5.56 Å². The van der Waals surface area contributed by atoms with Gasteiger partial charge in [-0.05, 0) is 40.9 Å². The number of nitriles is 1. The fraction of sp³-hybridized carbons (Fsp3) is 0.200. The molecule has 1 fully saturated rings. The molecule has 1 aliphatic heterocycles. The maximum Gasteiger partial charge on any atom is 0.0642 e. The smallest absolute Gasteiger partial charge is 0.0642 e. The Morgan fingerprint density at radius 2 is 1.77 bits per heavy atom. The Morgan fingerprint density at radius 1 is 1.04 bits per heavy atom. The minimum atomic E-state index is 0. The van der Waals surface area contributed by atoms with Crippen LogP contribution in [-0.4, -0.2) is 31.3 Å². The molecule has 4 rings (SSSR count). The normalized spacial score (nSPS) is 13.7. The molecule has 131 valence electrons. The van der Waals surface area contributed by atoms with Gasteiger partial charge in [-0.3, -0.25) is 5.26 Å². The van der Waals surface area contributed by atoms with Gasteiger partial charge in [-0.1, -0.05) is 35.5 Å². The maximum absolute atomic E-state index is 9.23. The summed E-state index contributed by atoms with van der Waals surface area (Å²) in [5, 5.41) is 9.23. The second kappa shape index (κ2) is 8.58. The average molecular weight is 533 g/mol. The number of rotatable bonds is 3. The van der Waals surface area contributed by atoms with Crippen LogP contribution < -0.4 is 4.90 Å². The zero-order chi connectivity index (χ0) is 17.1. The molecular formula is C20H16N3OReS-. The molecule has 0 spiro atoms. The molecule has 1 radical (unpaired) electrons. The van der Waals surface area contributed by atoms with Crippen molar-refractivity contribution in [3.05, 3.63) is 60.4 Å². The predicted octanol–water partition coefficient (Wildman–Crippen LogP) is 3.98. The van der Waals surface area contributed by atoms with Gasteiger partial charge in [0.05, 0.1) is 13.2 Å². The number of morpholine rings is 1. The van der Waals surface area contributed by atoms with Crippen LogP contribution in [0.15, 0.2) is 48.7 Å². The van der Waals surface area contributed by atoms with Gasteiger partial charge in [0.15, 0.2) is 0 Å². The van der Waals surface area contributed by atoms with Gasteiger partial charge in [0.1, 0.15) is 0 Å². The molecule has 1 aliphatic rings. The number of thiophene rings is 1. The number of benzene rings is 1. The summed E-state index contributed by atoms with van der Waals surface area (Å²) in [6, 6.07) is 16.8. The van der Waals surface area contributed by atoms with Crippen LogP contribution in [0.25, 0.3) is 20.9 Å². The van der Waals surface area contributed by atoms with Crippen LogP contribution in [0, 0.1) is 17.5 Å². The zero-order valence-electron chi connectivity index (χ0n) is 14.0. The third-order valence-electron chi connectivity index (χ3n) is 4.27. The average Bonchev–Trinajstić information content (AvgIpc) is 3.19. The van der Waals surface area contributed by atoms with E-state index in [1.807, 2.05) is 6.07 Å². The summed E-state index contributed by atoms with van der Waals surface area (Å²) < 4.78 is 5.41. The second-order valence-electron chi connectivity index (χ2n) is 5.77. The van der Waals surface area contributed by atoms with Crippen LogP contribution in [0.3, 0.4) is 0 Å². The van der Waals surface area contributed by atoms with Gasteiger partial charge in [0.2, 0.25) is 0 Å². The third kappa shape index (κ3) is 3.87. The van der Waals surface area contributed by atoms with Crippen molar-refractivity contribution >= 4 is 17.0 Å². The van der Waals surface area contributed by atoms with E-state index in [-0.39, 0.29) is 20.4 Å². The monoisotopic (exact) mass is 533 g/mol. The van der Waals surface area contributed by atoms with E-state index in [0.29, 0.717) is 5.56 Å². The summed E-state index contributed by atoms with van der Waals surface area (Å²) in [5.74, 6) is 0. The molecule has 6 heteroatoms. The van der Waals surface area contributed by atoms with E-state index in [1.54, 1.807) is 17.5 Å². The van der Waals surface area contributed by atoms with Gasteiger partial charge in [0, 0.05) is 44.1 Å². The Morgan fingerprint density at radius 3 is 2.50 bits per heavy atom. The van der Waals surface area contributed by atoms with Crippen molar-refractivity contribution in [2.45, 2.75) is 0 Å². The number of hydrogen-bond donors (Lipinski definition) is 0. The van der Waals surface area contributed by atoms with Gasteiger partial charge in [-0.25, -0.2) is 0 Å². The largest absolute Gasteiger partial charge is 0.378 e. The van der Waals surface area contributed by atoms with Crippen molar-refractivity contribution in [2.24, 2.45) is 0 Å². The van der Waals surface area contributed by atoms with E-state index in [9.17, 15) is 5.26 Å². The molecule has 0 aliphatic carbocycles. The molecule has 1 saturated heterocycles. The van der Waals surface area contributed by atoms with Crippen molar-refractivity contribution in [1.82, 2.24) is 4.98 Å². The van der Waals surface area contributed by atoms with Crippen LogP contribution in [0.2, 0.25) is 0 Å². The molecule has 0 amide bonds. The van der Waals surface area contributed by atoms with Gasteiger partial charge >= 0.3 is 0 Å². The van der Waals surface area contributed by atoms with Gasteiger partial charge in [-0.2, -0.15) is 0 Å². The first-order chi connectivity index (χ1) is 12.3. The van der Waals surface area contributed by atoms with Crippen molar-refractivity contribution in [3.63, 3.8) is 0 Å². The number of aromatic nitrogens is 1. The maximum atomic E-state index is 9.23. The summed E-state index contributed by atoms with van der Waals surface area (Å²) in [6.07, 6.45) is 4.43. The van der Waals surface area contributed by atoms with Crippen molar-refractivity contribution in [2.75, 3.05) is 31.2 Å². The Bertz CT molecular complexity index is 911. The molecule has 3 heterocycles. The molecular weight excluding hydrogens is 517 g/mol. The first-order valence-electron chi connectivity index (χ1n) is 8.15. The summed E-state index contributed by atoms with van der Waals surface area (Å²) in [5.41, 5.74) is 3.79. The minimum absolute atomic E-state index is 0. The van der Waals surface area contributed by atoms with E-state index in [2.05, 4.69) is 58.5 Å². The molecule has 0 bridgehead atoms. The van der Waals surface area contributed by atoms with E-state index in [1.165, 1.54) is 16.1 Å². The van der Waals surface area contributed by atoms with E-state index < -0.39 is 0 Å². The van der Waals surface area contributed by atoms with Crippen LogP contribution >= 0.6 is 11.3 Å². The summed E-state index contributed by atoms with van der Waals surface area (Å²) >= 11 is 1.68. The Kier molecular flexibility index (Phi) is 6.19. The summed E-state index contributed by atoms with van der Waals surface area (Å²) in [7, 11) is 0. The van der Waals surface area contributed by atoms with E-state index >= 15 is 0 Å². The van der Waals surface area contributed by atoms with E-state index in [4.69, 9.17) is 4.74 Å². The topological polar surface area (TPSA) is 49.2 Å². The standard InChI is InChI=1S/C20H16N3OS.Re/c21-13-16-14-22-8-7-18(16)20-6-5-19(25-20)15-1-3-17(4-2-15)23-9-11-24-12-10-23;/h1-8H,9-12H2;/q-1;. The van der Waals surface area contributed by atoms with Crippen molar-refractivity contribution in [3.8, 4) is 27.0 Å². The first kappa shape index (κ1) is 18.8. The Labute approximate surface area is 170 Å². The van der Waals surface area contributed by atoms with E-state index in [0.717, 1.165) is 36.7 Å². The first-order valence-corrected chi connectivity index (χ1v) is 8.97.